The second-order valence-electron chi connectivity index (χ2n) is 4.82. The molecule has 0 radical (unpaired) electrons. The summed E-state index contributed by atoms with van der Waals surface area (Å²) in [4.78, 5) is 8.81. The molecule has 0 spiro atoms. The van der Waals surface area contributed by atoms with Gasteiger partial charge in [0.05, 0.1) is 29.0 Å². The minimum Gasteiger partial charge on any atom is -0.387 e. The molecule has 0 saturated carbocycles. The van der Waals surface area contributed by atoms with Crippen LogP contribution in [0.1, 0.15) is 23.8 Å². The largest absolute Gasteiger partial charge is 0.387 e. The lowest BCUT2D eigenvalue weighted by molar-refractivity contribution is 0.163. The van der Waals surface area contributed by atoms with Gasteiger partial charge < -0.3 is 5.11 Å². The fourth-order valence-corrected chi connectivity index (χ4v) is 2.23. The Hall–Kier alpha value is -2.26. The minimum atomic E-state index is -0.577. The molecule has 0 bridgehead atoms. The summed E-state index contributed by atoms with van der Waals surface area (Å²) in [5.41, 5.74) is 3.54. The van der Waals surface area contributed by atoms with E-state index in [2.05, 4.69) is 22.1 Å². The predicted molar refractivity (Wildman–Crippen MR) is 79.3 cm³/mol. The van der Waals surface area contributed by atoms with E-state index in [9.17, 15) is 5.11 Å². The average molecular weight is 264 g/mol. The van der Waals surface area contributed by atoms with E-state index in [0.29, 0.717) is 12.1 Å². The van der Waals surface area contributed by atoms with Gasteiger partial charge in [-0.3, -0.25) is 4.98 Å². The van der Waals surface area contributed by atoms with Crippen LogP contribution in [0.3, 0.4) is 0 Å². The van der Waals surface area contributed by atoms with Crippen molar-refractivity contribution in [1.82, 2.24) is 9.97 Å². The van der Waals surface area contributed by atoms with Crippen LogP contribution < -0.4 is 0 Å². The van der Waals surface area contributed by atoms with Crippen molar-refractivity contribution >= 4 is 11.0 Å². The van der Waals surface area contributed by atoms with Crippen molar-refractivity contribution in [3.05, 3.63) is 72.1 Å². The van der Waals surface area contributed by atoms with Crippen LogP contribution in [0.25, 0.3) is 11.0 Å². The number of aliphatic hydroxyl groups is 1. The Kier molecular flexibility index (Phi) is 3.70. The summed E-state index contributed by atoms with van der Waals surface area (Å²) in [6.07, 6.45) is 2.57. The first-order chi connectivity index (χ1) is 9.83. The quantitative estimate of drug-likeness (QED) is 0.786. The first kappa shape index (κ1) is 12.8. The summed E-state index contributed by atoms with van der Waals surface area (Å²) in [5, 5.41) is 10.2. The van der Waals surface area contributed by atoms with Crippen LogP contribution in [0.5, 0.6) is 0 Å². The van der Waals surface area contributed by atoms with Crippen molar-refractivity contribution < 1.29 is 5.11 Å². The zero-order valence-electron chi connectivity index (χ0n) is 11.1. The third-order valence-corrected chi connectivity index (χ3v) is 3.36. The van der Waals surface area contributed by atoms with E-state index >= 15 is 0 Å². The molecule has 20 heavy (non-hydrogen) atoms. The summed E-state index contributed by atoms with van der Waals surface area (Å²) >= 11 is 0. The maximum Gasteiger partial charge on any atom is 0.0978 e. The number of rotatable bonds is 4. The number of aromatic nitrogens is 2. The highest BCUT2D eigenvalue weighted by Gasteiger charge is 2.10. The van der Waals surface area contributed by atoms with Crippen LogP contribution in [-0.4, -0.2) is 15.1 Å². The zero-order chi connectivity index (χ0) is 13.8. The number of benzene rings is 2. The molecule has 0 aliphatic heterocycles. The van der Waals surface area contributed by atoms with Gasteiger partial charge in [0, 0.05) is 0 Å². The van der Waals surface area contributed by atoms with Crippen molar-refractivity contribution in [3.63, 3.8) is 0 Å². The van der Waals surface area contributed by atoms with Gasteiger partial charge in [-0.25, -0.2) is 4.98 Å². The van der Waals surface area contributed by atoms with E-state index in [-0.39, 0.29) is 0 Å². The summed E-state index contributed by atoms with van der Waals surface area (Å²) in [6.45, 7) is 0. The first-order valence-corrected chi connectivity index (χ1v) is 6.76. The van der Waals surface area contributed by atoms with Crippen LogP contribution in [0.4, 0.5) is 0 Å². The Bertz CT molecular complexity index is 697. The van der Waals surface area contributed by atoms with Gasteiger partial charge in [0.1, 0.15) is 0 Å². The molecule has 3 aromatic rings. The predicted octanol–water partition coefficient (Wildman–Crippen LogP) is 3.30. The highest BCUT2D eigenvalue weighted by molar-refractivity contribution is 5.73. The highest BCUT2D eigenvalue weighted by atomic mass is 16.3. The molecule has 100 valence electrons. The molecule has 3 nitrogen and oxygen atoms in total. The standard InChI is InChI=1S/C17H16N2O/c20-17(11-10-13-6-2-1-3-7-13)16-12-18-14-8-4-5-9-15(14)19-16/h1-9,12,17,20H,10-11H2. The fraction of sp³-hybridized carbons (Fsp3) is 0.176. The molecule has 3 heteroatoms. The lowest BCUT2D eigenvalue weighted by Gasteiger charge is -2.10. The summed E-state index contributed by atoms with van der Waals surface area (Å²) in [6, 6.07) is 17.8. The lowest BCUT2D eigenvalue weighted by Crippen LogP contribution is -2.03. The summed E-state index contributed by atoms with van der Waals surface area (Å²) in [5.74, 6) is 0. The molecule has 1 aromatic heterocycles. The van der Waals surface area contributed by atoms with E-state index in [1.807, 2.05) is 42.5 Å². The zero-order valence-corrected chi connectivity index (χ0v) is 11.1. The second kappa shape index (κ2) is 5.80. The molecule has 1 heterocycles. The van der Waals surface area contributed by atoms with E-state index in [4.69, 9.17) is 0 Å². The van der Waals surface area contributed by atoms with Gasteiger partial charge in [0.25, 0.3) is 0 Å². The van der Waals surface area contributed by atoms with Crippen LogP contribution in [0, 0.1) is 0 Å². The number of aryl methyl sites for hydroxylation is 1. The van der Waals surface area contributed by atoms with Crippen molar-refractivity contribution in [3.8, 4) is 0 Å². The maximum absolute atomic E-state index is 10.2. The Labute approximate surface area is 117 Å². The SMILES string of the molecule is OC(CCc1ccccc1)c1cnc2ccccc2n1. The van der Waals surface area contributed by atoms with E-state index in [1.54, 1.807) is 6.20 Å². The van der Waals surface area contributed by atoms with E-state index in [1.165, 1.54) is 5.56 Å². The normalized spacial score (nSPS) is 12.4. The molecule has 0 amide bonds. The molecule has 3 rings (SSSR count). The third-order valence-electron chi connectivity index (χ3n) is 3.36. The maximum atomic E-state index is 10.2. The molecule has 2 aromatic carbocycles. The number of fused-ring (bicyclic) bond motifs is 1. The number of para-hydroxylation sites is 2. The Morgan fingerprint density at radius 1 is 0.900 bits per heavy atom. The Morgan fingerprint density at radius 3 is 2.40 bits per heavy atom. The smallest absolute Gasteiger partial charge is 0.0978 e. The van der Waals surface area contributed by atoms with Crippen molar-refractivity contribution in [2.45, 2.75) is 18.9 Å². The van der Waals surface area contributed by atoms with Gasteiger partial charge >= 0.3 is 0 Å². The van der Waals surface area contributed by atoms with Gasteiger partial charge in [-0.2, -0.15) is 0 Å². The molecule has 1 unspecified atom stereocenters. The number of aliphatic hydroxyl groups excluding tert-OH is 1. The summed E-state index contributed by atoms with van der Waals surface area (Å²) in [7, 11) is 0. The molecule has 0 aliphatic carbocycles. The van der Waals surface area contributed by atoms with Crippen molar-refractivity contribution in [1.29, 1.82) is 0 Å². The fourth-order valence-electron chi connectivity index (χ4n) is 2.23. The van der Waals surface area contributed by atoms with Crippen molar-refractivity contribution in [2.24, 2.45) is 0 Å². The molecule has 1 N–H and O–H groups in total. The van der Waals surface area contributed by atoms with Gasteiger partial charge in [-0.05, 0) is 30.5 Å². The highest BCUT2D eigenvalue weighted by Crippen LogP contribution is 2.18. The van der Waals surface area contributed by atoms with Gasteiger partial charge in [0.2, 0.25) is 0 Å². The molecule has 0 fully saturated rings. The Morgan fingerprint density at radius 2 is 1.60 bits per heavy atom. The number of nitrogens with zero attached hydrogens (tertiary/aromatic N) is 2. The minimum absolute atomic E-state index is 0.577. The molecular formula is C17H16N2O. The van der Waals surface area contributed by atoms with Gasteiger partial charge in [-0.1, -0.05) is 42.5 Å². The Balaban J connectivity index is 1.73. The van der Waals surface area contributed by atoms with Crippen LogP contribution in [0.15, 0.2) is 60.8 Å². The molecular weight excluding hydrogens is 248 g/mol. The summed E-state index contributed by atoms with van der Waals surface area (Å²) < 4.78 is 0. The van der Waals surface area contributed by atoms with Gasteiger partial charge in [0.15, 0.2) is 0 Å². The van der Waals surface area contributed by atoms with E-state index in [0.717, 1.165) is 17.5 Å². The van der Waals surface area contributed by atoms with Crippen molar-refractivity contribution in [2.75, 3.05) is 0 Å². The van der Waals surface area contributed by atoms with Crippen LogP contribution >= 0.6 is 0 Å². The van der Waals surface area contributed by atoms with Crippen LogP contribution in [0.2, 0.25) is 0 Å². The molecule has 0 aliphatic rings. The van der Waals surface area contributed by atoms with Gasteiger partial charge in [-0.15, -0.1) is 0 Å². The monoisotopic (exact) mass is 264 g/mol. The topological polar surface area (TPSA) is 46.0 Å². The number of hydrogen-bond acceptors (Lipinski definition) is 3. The molecule has 0 saturated heterocycles. The third kappa shape index (κ3) is 2.83. The first-order valence-electron chi connectivity index (χ1n) is 6.76. The second-order valence-corrected chi connectivity index (χ2v) is 4.82. The van der Waals surface area contributed by atoms with Crippen LogP contribution in [-0.2, 0) is 6.42 Å². The average Bonchev–Trinajstić information content (AvgIpc) is 2.53. The van der Waals surface area contributed by atoms with E-state index < -0.39 is 6.10 Å². The molecule has 1 atom stereocenters. The lowest BCUT2D eigenvalue weighted by atomic mass is 10.1. The number of hydrogen-bond donors (Lipinski definition) is 1.